The van der Waals surface area contributed by atoms with E-state index >= 15 is 0 Å². The summed E-state index contributed by atoms with van der Waals surface area (Å²) in [5.41, 5.74) is 0.860. The Labute approximate surface area is 152 Å². The van der Waals surface area contributed by atoms with Gasteiger partial charge in [-0.25, -0.2) is 0 Å². The lowest BCUT2D eigenvalue weighted by Crippen LogP contribution is -2.34. The highest BCUT2D eigenvalue weighted by atomic mass is 35.5. The van der Waals surface area contributed by atoms with Gasteiger partial charge in [-0.05, 0) is 50.4 Å². The first-order valence-corrected chi connectivity index (χ1v) is 9.03. The lowest BCUT2D eigenvalue weighted by atomic mass is 9.93. The highest BCUT2D eigenvalue weighted by molar-refractivity contribution is 6.30. The first kappa shape index (κ1) is 17.9. The number of nitrogens with zero attached hydrogens (tertiary/aromatic N) is 3. The fourth-order valence-electron chi connectivity index (χ4n) is 3.14. The summed E-state index contributed by atoms with van der Waals surface area (Å²) in [4.78, 5) is 17.7. The summed E-state index contributed by atoms with van der Waals surface area (Å²) in [6.45, 7) is 5.03. The molecule has 3 rings (SSSR count). The van der Waals surface area contributed by atoms with Crippen molar-refractivity contribution >= 4 is 17.5 Å². The van der Waals surface area contributed by atoms with Gasteiger partial charge in [-0.2, -0.15) is 4.98 Å². The van der Waals surface area contributed by atoms with Gasteiger partial charge < -0.3 is 9.84 Å². The average molecular weight is 363 g/mol. The summed E-state index contributed by atoms with van der Waals surface area (Å²) in [7, 11) is 0. The Kier molecular flexibility index (Phi) is 6.04. The van der Waals surface area contributed by atoms with Crippen molar-refractivity contribution < 1.29 is 9.32 Å². The van der Waals surface area contributed by atoms with Crippen molar-refractivity contribution in [2.24, 2.45) is 5.92 Å². The van der Waals surface area contributed by atoms with Crippen LogP contribution < -0.4 is 5.32 Å². The van der Waals surface area contributed by atoms with Crippen molar-refractivity contribution in [1.29, 1.82) is 0 Å². The molecule has 1 N–H and O–H groups in total. The fourth-order valence-corrected chi connectivity index (χ4v) is 3.33. The fraction of sp³-hybridized carbons (Fsp3) is 0.500. The minimum absolute atomic E-state index is 0.0457. The van der Waals surface area contributed by atoms with E-state index < -0.39 is 0 Å². The Bertz CT molecular complexity index is 711. The first-order valence-electron chi connectivity index (χ1n) is 8.65. The number of carbonyl (C=O) groups is 1. The summed E-state index contributed by atoms with van der Waals surface area (Å²) in [5, 5.41) is 7.58. The molecule has 0 aliphatic carbocycles. The minimum Gasteiger partial charge on any atom is -0.356 e. The van der Waals surface area contributed by atoms with Crippen molar-refractivity contribution in [3.8, 4) is 11.4 Å². The van der Waals surface area contributed by atoms with Crippen LogP contribution in [0.25, 0.3) is 11.4 Å². The zero-order valence-corrected chi connectivity index (χ0v) is 15.1. The second-order valence-corrected chi connectivity index (χ2v) is 6.95. The van der Waals surface area contributed by atoms with Crippen LogP contribution in [0.15, 0.2) is 28.8 Å². The van der Waals surface area contributed by atoms with Crippen molar-refractivity contribution in [2.45, 2.75) is 32.7 Å². The molecule has 1 saturated heterocycles. The number of carbonyl (C=O) groups excluding carboxylic acids is 1. The molecule has 0 saturated carbocycles. The van der Waals surface area contributed by atoms with Gasteiger partial charge in [0.15, 0.2) is 0 Å². The summed E-state index contributed by atoms with van der Waals surface area (Å²) < 4.78 is 5.39. The maximum Gasteiger partial charge on any atom is 0.241 e. The summed E-state index contributed by atoms with van der Waals surface area (Å²) >= 11 is 6.01. The molecule has 1 aliphatic rings. The zero-order valence-electron chi connectivity index (χ0n) is 14.4. The van der Waals surface area contributed by atoms with Gasteiger partial charge in [-0.3, -0.25) is 9.69 Å². The second kappa shape index (κ2) is 8.45. The van der Waals surface area contributed by atoms with Crippen LogP contribution in [0.1, 0.15) is 32.1 Å². The molecule has 2 heterocycles. The molecule has 25 heavy (non-hydrogen) atoms. The van der Waals surface area contributed by atoms with E-state index in [1.165, 1.54) is 0 Å². The molecule has 1 aliphatic heterocycles. The molecular formula is C18H23ClN4O2. The number of rotatable bonds is 6. The SMILES string of the molecule is CC(=O)NCCC1CCN(Cc2nc(-c3cccc(Cl)c3)no2)CC1. The van der Waals surface area contributed by atoms with E-state index in [2.05, 4.69) is 20.4 Å². The molecule has 1 amide bonds. The molecule has 7 heteroatoms. The van der Waals surface area contributed by atoms with Crippen molar-refractivity contribution in [3.05, 3.63) is 35.2 Å². The van der Waals surface area contributed by atoms with Crippen LogP contribution in [0.2, 0.25) is 5.02 Å². The summed E-state index contributed by atoms with van der Waals surface area (Å²) in [5.74, 6) is 1.92. The highest BCUT2D eigenvalue weighted by Gasteiger charge is 2.21. The van der Waals surface area contributed by atoms with Gasteiger partial charge in [0.2, 0.25) is 17.6 Å². The number of likely N-dealkylation sites (tertiary alicyclic amines) is 1. The van der Waals surface area contributed by atoms with Gasteiger partial charge >= 0.3 is 0 Å². The van der Waals surface area contributed by atoms with Crippen molar-refractivity contribution in [3.63, 3.8) is 0 Å². The van der Waals surface area contributed by atoms with Gasteiger partial charge in [0.1, 0.15) is 0 Å². The normalized spacial score (nSPS) is 16.1. The number of hydrogen-bond acceptors (Lipinski definition) is 5. The minimum atomic E-state index is 0.0457. The van der Waals surface area contributed by atoms with E-state index in [9.17, 15) is 4.79 Å². The van der Waals surface area contributed by atoms with E-state index in [0.29, 0.717) is 29.2 Å². The standard InChI is InChI=1S/C18H23ClN4O2/c1-13(24)20-8-5-14-6-9-23(10-7-14)12-17-21-18(22-25-17)15-3-2-4-16(19)11-15/h2-4,11,14H,5-10,12H2,1H3,(H,20,24). The molecule has 0 spiro atoms. The lowest BCUT2D eigenvalue weighted by molar-refractivity contribution is -0.119. The van der Waals surface area contributed by atoms with Crippen LogP contribution in [-0.2, 0) is 11.3 Å². The molecule has 0 atom stereocenters. The number of nitrogens with one attached hydrogen (secondary N) is 1. The van der Waals surface area contributed by atoms with Gasteiger partial charge in [0.05, 0.1) is 6.54 Å². The lowest BCUT2D eigenvalue weighted by Gasteiger charge is -2.30. The average Bonchev–Trinajstić information content (AvgIpc) is 3.05. The third-order valence-electron chi connectivity index (χ3n) is 4.54. The monoisotopic (exact) mass is 362 g/mol. The molecule has 1 fully saturated rings. The van der Waals surface area contributed by atoms with Crippen LogP contribution in [0.4, 0.5) is 0 Å². The van der Waals surface area contributed by atoms with Crippen LogP contribution in [0.3, 0.4) is 0 Å². The Hall–Kier alpha value is -1.92. The quantitative estimate of drug-likeness (QED) is 0.854. The van der Waals surface area contributed by atoms with Crippen molar-refractivity contribution in [2.75, 3.05) is 19.6 Å². The number of aromatic nitrogens is 2. The number of hydrogen-bond donors (Lipinski definition) is 1. The van der Waals surface area contributed by atoms with Crippen LogP contribution in [-0.4, -0.2) is 40.6 Å². The maximum absolute atomic E-state index is 10.9. The maximum atomic E-state index is 10.9. The van der Waals surface area contributed by atoms with Crippen LogP contribution >= 0.6 is 11.6 Å². The summed E-state index contributed by atoms with van der Waals surface area (Å²) in [6.07, 6.45) is 3.32. The molecule has 6 nitrogen and oxygen atoms in total. The van der Waals surface area contributed by atoms with E-state index in [0.717, 1.165) is 44.5 Å². The molecule has 1 aromatic carbocycles. The van der Waals surface area contributed by atoms with Gasteiger partial charge in [-0.15, -0.1) is 0 Å². The molecule has 134 valence electrons. The zero-order chi connectivity index (χ0) is 17.6. The van der Waals surface area contributed by atoms with Gasteiger partial charge in [0.25, 0.3) is 0 Å². The Morgan fingerprint density at radius 3 is 2.92 bits per heavy atom. The third-order valence-corrected chi connectivity index (χ3v) is 4.78. The van der Waals surface area contributed by atoms with Crippen molar-refractivity contribution in [1.82, 2.24) is 20.4 Å². The number of benzene rings is 1. The molecular weight excluding hydrogens is 340 g/mol. The summed E-state index contributed by atoms with van der Waals surface area (Å²) in [6, 6.07) is 7.44. The molecule has 1 aromatic heterocycles. The van der Waals surface area contributed by atoms with E-state index in [4.69, 9.17) is 16.1 Å². The van der Waals surface area contributed by atoms with Crippen LogP contribution in [0, 0.1) is 5.92 Å². The van der Waals surface area contributed by atoms with E-state index in [1.54, 1.807) is 6.92 Å². The topological polar surface area (TPSA) is 71.3 Å². The third kappa shape index (κ3) is 5.28. The Morgan fingerprint density at radius 1 is 1.40 bits per heavy atom. The Morgan fingerprint density at radius 2 is 2.20 bits per heavy atom. The molecule has 2 aromatic rings. The second-order valence-electron chi connectivity index (χ2n) is 6.51. The predicted molar refractivity (Wildman–Crippen MR) is 96.0 cm³/mol. The van der Waals surface area contributed by atoms with Gasteiger partial charge in [0, 0.05) is 24.1 Å². The van der Waals surface area contributed by atoms with E-state index in [1.807, 2.05) is 24.3 Å². The largest absolute Gasteiger partial charge is 0.356 e. The number of amides is 1. The molecule has 0 unspecified atom stereocenters. The van der Waals surface area contributed by atoms with Crippen LogP contribution in [0.5, 0.6) is 0 Å². The van der Waals surface area contributed by atoms with Gasteiger partial charge in [-0.1, -0.05) is 28.9 Å². The van der Waals surface area contributed by atoms with E-state index in [-0.39, 0.29) is 5.91 Å². The highest BCUT2D eigenvalue weighted by Crippen LogP contribution is 2.23. The molecule has 0 radical (unpaired) electrons. The molecule has 0 bridgehead atoms. The number of halogens is 1. The first-order chi connectivity index (χ1) is 12.1. The Balaban J connectivity index is 1.47. The predicted octanol–water partition coefficient (Wildman–Crippen LogP) is 3.13. The smallest absolute Gasteiger partial charge is 0.241 e. The number of piperidine rings is 1.